The SMILES string of the molecule is CN(Cc1ccccc1O)C(=O)C1CC1c1ccccc1C(F)(F)F. The van der Waals surface area contributed by atoms with Crippen molar-refractivity contribution in [2.45, 2.75) is 25.1 Å². The minimum Gasteiger partial charge on any atom is -0.508 e. The number of hydrogen-bond acceptors (Lipinski definition) is 2. The van der Waals surface area contributed by atoms with Crippen LogP contribution in [0.3, 0.4) is 0 Å². The van der Waals surface area contributed by atoms with E-state index in [1.807, 2.05) is 0 Å². The van der Waals surface area contributed by atoms with Gasteiger partial charge in [-0.1, -0.05) is 36.4 Å². The van der Waals surface area contributed by atoms with Gasteiger partial charge in [-0.3, -0.25) is 4.79 Å². The summed E-state index contributed by atoms with van der Waals surface area (Å²) in [6, 6.07) is 12.1. The van der Waals surface area contributed by atoms with Crippen molar-refractivity contribution in [3.8, 4) is 5.75 Å². The average molecular weight is 349 g/mol. The van der Waals surface area contributed by atoms with Gasteiger partial charge in [-0.05, 0) is 30.0 Å². The molecule has 2 atom stereocenters. The van der Waals surface area contributed by atoms with E-state index in [0.717, 1.165) is 6.07 Å². The number of phenols is 1. The second-order valence-corrected chi connectivity index (χ2v) is 6.36. The molecule has 1 fully saturated rings. The fourth-order valence-corrected chi connectivity index (χ4v) is 3.15. The van der Waals surface area contributed by atoms with Gasteiger partial charge in [-0.2, -0.15) is 13.2 Å². The second kappa shape index (κ2) is 6.43. The summed E-state index contributed by atoms with van der Waals surface area (Å²) in [6.45, 7) is 0.218. The van der Waals surface area contributed by atoms with Gasteiger partial charge in [0.15, 0.2) is 0 Å². The lowest BCUT2D eigenvalue weighted by Crippen LogP contribution is -2.28. The van der Waals surface area contributed by atoms with Crippen molar-refractivity contribution in [3.63, 3.8) is 0 Å². The van der Waals surface area contributed by atoms with Crippen LogP contribution in [0, 0.1) is 5.92 Å². The molecule has 1 amide bonds. The van der Waals surface area contributed by atoms with Crippen LogP contribution in [-0.2, 0) is 17.5 Å². The van der Waals surface area contributed by atoms with Crippen LogP contribution in [0.2, 0.25) is 0 Å². The number of halogens is 3. The Morgan fingerprint density at radius 2 is 1.80 bits per heavy atom. The number of alkyl halides is 3. The van der Waals surface area contributed by atoms with Crippen LogP contribution in [0.4, 0.5) is 13.2 Å². The maximum atomic E-state index is 13.1. The number of phenolic OH excluding ortho intramolecular Hbond substituents is 1. The Balaban J connectivity index is 1.72. The van der Waals surface area contributed by atoms with Gasteiger partial charge in [0.1, 0.15) is 5.75 Å². The molecule has 1 aliphatic rings. The molecule has 0 bridgehead atoms. The molecule has 0 radical (unpaired) electrons. The number of rotatable bonds is 4. The topological polar surface area (TPSA) is 40.5 Å². The summed E-state index contributed by atoms with van der Waals surface area (Å²) in [5.41, 5.74) is 0.120. The van der Waals surface area contributed by atoms with Gasteiger partial charge in [-0.15, -0.1) is 0 Å². The summed E-state index contributed by atoms with van der Waals surface area (Å²) >= 11 is 0. The monoisotopic (exact) mass is 349 g/mol. The van der Waals surface area contributed by atoms with Crippen LogP contribution in [-0.4, -0.2) is 23.0 Å². The molecule has 0 aliphatic heterocycles. The van der Waals surface area contributed by atoms with Crippen molar-refractivity contribution >= 4 is 5.91 Å². The van der Waals surface area contributed by atoms with Gasteiger partial charge in [0, 0.05) is 25.1 Å². The number of benzene rings is 2. The lowest BCUT2D eigenvalue weighted by molar-refractivity contribution is -0.138. The number of nitrogens with zero attached hydrogens (tertiary/aromatic N) is 1. The summed E-state index contributed by atoms with van der Waals surface area (Å²) in [4.78, 5) is 14.0. The van der Waals surface area contributed by atoms with E-state index in [1.54, 1.807) is 31.3 Å². The fourth-order valence-electron chi connectivity index (χ4n) is 3.15. The van der Waals surface area contributed by atoms with Crippen LogP contribution in [0.25, 0.3) is 0 Å². The third kappa shape index (κ3) is 3.62. The molecular weight excluding hydrogens is 331 g/mol. The highest BCUT2D eigenvalue weighted by molar-refractivity contribution is 5.83. The zero-order chi connectivity index (χ0) is 18.2. The quantitative estimate of drug-likeness (QED) is 0.900. The fraction of sp³-hybridized carbons (Fsp3) is 0.316. The normalized spacial score (nSPS) is 19.5. The molecule has 2 unspecified atom stereocenters. The van der Waals surface area contributed by atoms with E-state index in [2.05, 4.69) is 0 Å². The highest BCUT2D eigenvalue weighted by atomic mass is 19.4. The van der Waals surface area contributed by atoms with Crippen molar-refractivity contribution in [3.05, 3.63) is 65.2 Å². The Labute approximate surface area is 143 Å². The maximum Gasteiger partial charge on any atom is 0.416 e. The first kappa shape index (κ1) is 17.3. The number of carbonyl (C=O) groups excluding carboxylic acids is 1. The number of amides is 1. The predicted molar refractivity (Wildman–Crippen MR) is 86.9 cm³/mol. The average Bonchev–Trinajstić information content (AvgIpc) is 3.36. The lowest BCUT2D eigenvalue weighted by atomic mass is 10.0. The van der Waals surface area contributed by atoms with Crippen molar-refractivity contribution < 1.29 is 23.1 Å². The molecule has 0 aromatic heterocycles. The van der Waals surface area contributed by atoms with Gasteiger partial charge < -0.3 is 10.0 Å². The van der Waals surface area contributed by atoms with E-state index < -0.39 is 23.6 Å². The van der Waals surface area contributed by atoms with Crippen LogP contribution in [0.5, 0.6) is 5.75 Å². The predicted octanol–water partition coefficient (Wildman–Crippen LogP) is 4.17. The molecule has 2 aromatic rings. The van der Waals surface area contributed by atoms with Crippen molar-refractivity contribution in [1.82, 2.24) is 4.90 Å². The summed E-state index contributed by atoms with van der Waals surface area (Å²) < 4.78 is 39.4. The largest absolute Gasteiger partial charge is 0.508 e. The highest BCUT2D eigenvalue weighted by Crippen LogP contribution is 2.51. The van der Waals surface area contributed by atoms with Crippen LogP contribution >= 0.6 is 0 Å². The van der Waals surface area contributed by atoms with Crippen molar-refractivity contribution in [2.24, 2.45) is 5.92 Å². The van der Waals surface area contributed by atoms with Gasteiger partial charge in [0.25, 0.3) is 0 Å². The number of carbonyl (C=O) groups is 1. The number of para-hydroxylation sites is 1. The van der Waals surface area contributed by atoms with Crippen LogP contribution in [0.15, 0.2) is 48.5 Å². The Hall–Kier alpha value is -2.50. The first-order chi connectivity index (χ1) is 11.8. The zero-order valence-corrected chi connectivity index (χ0v) is 13.6. The molecule has 0 spiro atoms. The zero-order valence-electron chi connectivity index (χ0n) is 13.6. The first-order valence-corrected chi connectivity index (χ1v) is 7.97. The molecule has 132 valence electrons. The molecule has 3 rings (SSSR count). The smallest absolute Gasteiger partial charge is 0.416 e. The Bertz CT molecular complexity index is 788. The molecule has 1 aliphatic carbocycles. The van der Waals surface area contributed by atoms with Crippen molar-refractivity contribution in [2.75, 3.05) is 7.05 Å². The van der Waals surface area contributed by atoms with Gasteiger partial charge >= 0.3 is 6.18 Å². The van der Waals surface area contributed by atoms with Gasteiger partial charge in [0.2, 0.25) is 5.91 Å². The maximum absolute atomic E-state index is 13.1. The molecule has 3 nitrogen and oxygen atoms in total. The van der Waals surface area contributed by atoms with E-state index in [1.165, 1.54) is 23.1 Å². The number of aromatic hydroxyl groups is 1. The Morgan fingerprint density at radius 3 is 2.48 bits per heavy atom. The molecule has 2 aromatic carbocycles. The highest BCUT2D eigenvalue weighted by Gasteiger charge is 2.48. The summed E-state index contributed by atoms with van der Waals surface area (Å²) in [6.07, 6.45) is -4.01. The third-order valence-electron chi connectivity index (χ3n) is 4.55. The van der Waals surface area contributed by atoms with E-state index >= 15 is 0 Å². The molecule has 25 heavy (non-hydrogen) atoms. The minimum atomic E-state index is -4.42. The van der Waals surface area contributed by atoms with Crippen LogP contribution < -0.4 is 0 Å². The van der Waals surface area contributed by atoms with E-state index in [9.17, 15) is 23.1 Å². The molecule has 0 saturated heterocycles. The second-order valence-electron chi connectivity index (χ2n) is 6.36. The molecule has 1 N–H and O–H groups in total. The molecular formula is C19H18F3NO2. The minimum absolute atomic E-state index is 0.0944. The van der Waals surface area contributed by atoms with E-state index in [4.69, 9.17) is 0 Å². The van der Waals surface area contributed by atoms with Gasteiger partial charge in [0.05, 0.1) is 5.56 Å². The standard InChI is InChI=1S/C19H18F3NO2/c1-23(11-12-6-2-5-9-17(12)24)18(25)15-10-14(15)13-7-3-4-8-16(13)19(20,21)22/h2-9,14-15,24H,10-11H2,1H3. The molecule has 6 heteroatoms. The summed E-state index contributed by atoms with van der Waals surface area (Å²) in [5, 5.41) is 9.79. The Morgan fingerprint density at radius 1 is 1.16 bits per heavy atom. The van der Waals surface area contributed by atoms with E-state index in [-0.39, 0.29) is 23.8 Å². The van der Waals surface area contributed by atoms with E-state index in [0.29, 0.717) is 12.0 Å². The van der Waals surface area contributed by atoms with Crippen molar-refractivity contribution in [1.29, 1.82) is 0 Å². The first-order valence-electron chi connectivity index (χ1n) is 7.97. The summed E-state index contributed by atoms with van der Waals surface area (Å²) in [7, 11) is 1.60. The molecule has 0 heterocycles. The summed E-state index contributed by atoms with van der Waals surface area (Å²) in [5.74, 6) is -0.960. The Kier molecular flexibility index (Phi) is 4.45. The van der Waals surface area contributed by atoms with Gasteiger partial charge in [-0.25, -0.2) is 0 Å². The lowest BCUT2D eigenvalue weighted by Gasteiger charge is -2.18. The van der Waals surface area contributed by atoms with Crippen LogP contribution in [0.1, 0.15) is 29.0 Å². The third-order valence-corrected chi connectivity index (χ3v) is 4.55. The molecule has 1 saturated carbocycles. The number of hydrogen-bond donors (Lipinski definition) is 1.